The molecule has 0 amide bonds. The van der Waals surface area contributed by atoms with Gasteiger partial charge in [0.1, 0.15) is 0 Å². The van der Waals surface area contributed by atoms with Crippen LogP contribution in [-0.2, 0) is 4.74 Å². The lowest BCUT2D eigenvalue weighted by atomic mass is 9.74. The lowest BCUT2D eigenvalue weighted by molar-refractivity contribution is 0.114. The summed E-state index contributed by atoms with van der Waals surface area (Å²) in [6.45, 7) is 13.9. The van der Waals surface area contributed by atoms with Crippen LogP contribution >= 0.6 is 0 Å². The summed E-state index contributed by atoms with van der Waals surface area (Å²) >= 11 is 0. The van der Waals surface area contributed by atoms with Crippen molar-refractivity contribution in [1.29, 1.82) is 0 Å². The molecule has 2 nitrogen and oxygen atoms in total. The van der Waals surface area contributed by atoms with E-state index in [1.165, 1.54) is 83.5 Å². The molecule has 0 rings (SSSR count). The minimum absolute atomic E-state index is 0.341. The van der Waals surface area contributed by atoms with Gasteiger partial charge in [-0.25, -0.2) is 0 Å². The summed E-state index contributed by atoms with van der Waals surface area (Å²) in [7, 11) is 0. The van der Waals surface area contributed by atoms with E-state index in [9.17, 15) is 0 Å². The molecule has 0 radical (unpaired) electrons. The predicted molar refractivity (Wildman–Crippen MR) is 116 cm³/mol. The summed E-state index contributed by atoms with van der Waals surface area (Å²) in [6, 6.07) is 0. The van der Waals surface area contributed by atoms with Crippen LogP contribution in [0.3, 0.4) is 0 Å². The van der Waals surface area contributed by atoms with Crippen molar-refractivity contribution in [3.8, 4) is 0 Å². The average molecular weight is 371 g/mol. The maximum atomic E-state index is 9.01. The topological polar surface area (TPSA) is 29.5 Å². The normalized spacial score (nSPS) is 12.7. The molecule has 0 aromatic heterocycles. The van der Waals surface area contributed by atoms with Gasteiger partial charge in [0, 0.05) is 19.8 Å². The van der Waals surface area contributed by atoms with Crippen LogP contribution in [0.4, 0.5) is 0 Å². The first-order chi connectivity index (χ1) is 12.6. The molecule has 26 heavy (non-hydrogen) atoms. The molecule has 0 aliphatic heterocycles. The molecule has 0 saturated heterocycles. The van der Waals surface area contributed by atoms with Crippen LogP contribution in [0.1, 0.15) is 125 Å². The minimum atomic E-state index is 0.341. The Labute approximate surface area is 165 Å². The number of rotatable bonds is 19. The van der Waals surface area contributed by atoms with E-state index in [1.807, 2.05) is 0 Å². The summed E-state index contributed by atoms with van der Waals surface area (Å²) in [6.07, 6.45) is 17.6. The van der Waals surface area contributed by atoms with E-state index in [4.69, 9.17) is 9.84 Å². The van der Waals surface area contributed by atoms with Gasteiger partial charge >= 0.3 is 0 Å². The third-order valence-electron chi connectivity index (χ3n) is 7.36. The minimum Gasteiger partial charge on any atom is -0.396 e. The molecular formula is C24H50O2. The average Bonchev–Trinajstić information content (AvgIpc) is 2.69. The fourth-order valence-electron chi connectivity index (χ4n) is 4.48. The molecule has 0 fully saturated rings. The molecule has 0 saturated carbocycles. The van der Waals surface area contributed by atoms with Gasteiger partial charge in [-0.2, -0.15) is 0 Å². The molecule has 1 N–H and O–H groups in total. The number of hydrogen-bond acceptors (Lipinski definition) is 2. The van der Waals surface area contributed by atoms with Crippen LogP contribution in [0.25, 0.3) is 0 Å². The highest BCUT2D eigenvalue weighted by Crippen LogP contribution is 2.38. The van der Waals surface area contributed by atoms with Gasteiger partial charge in [-0.15, -0.1) is 0 Å². The molecule has 0 unspecified atom stereocenters. The molecule has 2 heteroatoms. The Morgan fingerprint density at radius 1 is 0.538 bits per heavy atom. The van der Waals surface area contributed by atoms with Gasteiger partial charge < -0.3 is 9.84 Å². The Morgan fingerprint density at radius 3 is 1.31 bits per heavy atom. The number of ether oxygens (including phenoxy) is 1. The van der Waals surface area contributed by atoms with E-state index in [1.54, 1.807) is 0 Å². The standard InChI is InChI=1S/C24H50O2/c1-6-23(7-2,8-3)17-12-15-21-26-22-16-13-19-24(9-4,10-5)18-11-14-20-25/h25H,6-22H2,1-5H3. The Morgan fingerprint density at radius 2 is 0.923 bits per heavy atom. The zero-order valence-corrected chi connectivity index (χ0v) is 18.9. The molecule has 158 valence electrons. The van der Waals surface area contributed by atoms with Crippen molar-refractivity contribution in [3.63, 3.8) is 0 Å². The van der Waals surface area contributed by atoms with E-state index in [0.717, 1.165) is 19.6 Å². The Bertz CT molecular complexity index is 284. The van der Waals surface area contributed by atoms with Gasteiger partial charge in [0.25, 0.3) is 0 Å². The first-order valence-corrected chi connectivity index (χ1v) is 11.8. The van der Waals surface area contributed by atoms with Crippen molar-refractivity contribution in [3.05, 3.63) is 0 Å². The number of unbranched alkanes of at least 4 members (excludes halogenated alkanes) is 3. The molecule has 0 aliphatic carbocycles. The van der Waals surface area contributed by atoms with Gasteiger partial charge in [-0.3, -0.25) is 0 Å². The molecule has 0 spiro atoms. The van der Waals surface area contributed by atoms with Crippen molar-refractivity contribution in [2.45, 2.75) is 125 Å². The summed E-state index contributed by atoms with van der Waals surface area (Å²) in [5, 5.41) is 9.01. The highest BCUT2D eigenvalue weighted by molar-refractivity contribution is 4.77. The summed E-state index contributed by atoms with van der Waals surface area (Å²) in [5.74, 6) is 0. The summed E-state index contributed by atoms with van der Waals surface area (Å²) < 4.78 is 5.90. The lowest BCUT2D eigenvalue weighted by Gasteiger charge is -2.32. The van der Waals surface area contributed by atoms with Crippen molar-refractivity contribution in [2.75, 3.05) is 19.8 Å². The van der Waals surface area contributed by atoms with Crippen LogP contribution in [0.2, 0.25) is 0 Å². The van der Waals surface area contributed by atoms with Gasteiger partial charge in [0.05, 0.1) is 0 Å². The predicted octanol–water partition coefficient (Wildman–Crippen LogP) is 7.53. The molecule has 0 aromatic carbocycles. The van der Waals surface area contributed by atoms with E-state index in [-0.39, 0.29) is 0 Å². The van der Waals surface area contributed by atoms with Crippen LogP contribution in [0.15, 0.2) is 0 Å². The van der Waals surface area contributed by atoms with Gasteiger partial charge in [-0.1, -0.05) is 86.0 Å². The molecule has 0 aromatic rings. The zero-order valence-electron chi connectivity index (χ0n) is 18.9. The SMILES string of the molecule is CCC(CC)(CC)CCCCOCCCCC(CC)(CC)CCCCO. The Hall–Kier alpha value is -0.0800. The highest BCUT2D eigenvalue weighted by Gasteiger charge is 2.25. The van der Waals surface area contributed by atoms with E-state index in [0.29, 0.717) is 17.4 Å². The van der Waals surface area contributed by atoms with E-state index in [2.05, 4.69) is 34.6 Å². The smallest absolute Gasteiger partial charge is 0.0466 e. The monoisotopic (exact) mass is 370 g/mol. The quantitative estimate of drug-likeness (QED) is 0.238. The van der Waals surface area contributed by atoms with Crippen molar-refractivity contribution in [2.24, 2.45) is 10.8 Å². The van der Waals surface area contributed by atoms with Crippen LogP contribution in [-0.4, -0.2) is 24.9 Å². The fraction of sp³-hybridized carbons (Fsp3) is 1.00. The molecule has 0 bridgehead atoms. The third-order valence-corrected chi connectivity index (χ3v) is 7.36. The van der Waals surface area contributed by atoms with Gasteiger partial charge in [0.2, 0.25) is 0 Å². The number of aliphatic hydroxyl groups is 1. The second-order valence-electron chi connectivity index (χ2n) is 8.48. The van der Waals surface area contributed by atoms with E-state index < -0.39 is 0 Å². The zero-order chi connectivity index (χ0) is 19.7. The highest BCUT2D eigenvalue weighted by atomic mass is 16.5. The van der Waals surface area contributed by atoms with Crippen molar-refractivity contribution >= 4 is 0 Å². The third kappa shape index (κ3) is 10.3. The Balaban J connectivity index is 3.79. The lowest BCUT2D eigenvalue weighted by Crippen LogP contribution is -2.19. The van der Waals surface area contributed by atoms with Gasteiger partial charge in [-0.05, 0) is 49.4 Å². The van der Waals surface area contributed by atoms with E-state index >= 15 is 0 Å². The Kier molecular flexibility index (Phi) is 15.9. The first kappa shape index (κ1) is 25.9. The summed E-state index contributed by atoms with van der Waals surface area (Å²) in [4.78, 5) is 0. The second-order valence-corrected chi connectivity index (χ2v) is 8.48. The number of aliphatic hydroxyl groups excluding tert-OH is 1. The van der Waals surface area contributed by atoms with Crippen LogP contribution in [0.5, 0.6) is 0 Å². The molecular weight excluding hydrogens is 320 g/mol. The van der Waals surface area contributed by atoms with Crippen molar-refractivity contribution < 1.29 is 9.84 Å². The van der Waals surface area contributed by atoms with Gasteiger partial charge in [0.15, 0.2) is 0 Å². The van der Waals surface area contributed by atoms with Crippen LogP contribution in [0, 0.1) is 10.8 Å². The number of hydrogen-bond donors (Lipinski definition) is 1. The first-order valence-electron chi connectivity index (χ1n) is 11.8. The summed E-state index contributed by atoms with van der Waals surface area (Å²) in [5.41, 5.74) is 1.08. The molecule has 0 atom stereocenters. The molecule has 0 aliphatic rings. The molecule has 0 heterocycles. The largest absolute Gasteiger partial charge is 0.396 e. The maximum absolute atomic E-state index is 9.01. The van der Waals surface area contributed by atoms with Crippen LogP contribution < -0.4 is 0 Å². The second kappa shape index (κ2) is 15.9. The maximum Gasteiger partial charge on any atom is 0.0466 e. The van der Waals surface area contributed by atoms with Crippen molar-refractivity contribution in [1.82, 2.24) is 0 Å². The fourth-order valence-corrected chi connectivity index (χ4v) is 4.48.